The first-order chi connectivity index (χ1) is 9.92. The largest absolute Gasteiger partial charge is 0.383 e. The number of hydrogen-bond donors (Lipinski definition) is 1. The molecule has 2 unspecified atom stereocenters. The fraction of sp³-hybridized carbons (Fsp3) is 0.812. The van der Waals surface area contributed by atoms with Gasteiger partial charge in [-0.3, -0.25) is 4.68 Å². The molecule has 5 heteroatoms. The molecule has 4 nitrogen and oxygen atoms in total. The molecular formula is C16H28ClN3O. The number of hydrogen-bond acceptors (Lipinski definition) is 3. The van der Waals surface area contributed by atoms with Crippen LogP contribution < -0.4 is 5.32 Å². The van der Waals surface area contributed by atoms with Crippen LogP contribution in [0.15, 0.2) is 6.20 Å². The topological polar surface area (TPSA) is 39.1 Å². The summed E-state index contributed by atoms with van der Waals surface area (Å²) in [5.74, 6) is 1.14. The zero-order valence-corrected chi connectivity index (χ0v) is 14.4. The number of ether oxygens (including phenoxy) is 1. The van der Waals surface area contributed by atoms with Crippen LogP contribution in [0.4, 0.5) is 0 Å². The predicted molar refractivity (Wildman–Crippen MR) is 87.0 cm³/mol. The third-order valence-corrected chi connectivity index (χ3v) is 4.54. The van der Waals surface area contributed by atoms with Gasteiger partial charge in [0, 0.05) is 18.6 Å². The second kappa shape index (κ2) is 7.12. The van der Waals surface area contributed by atoms with Crippen LogP contribution in [0.5, 0.6) is 0 Å². The van der Waals surface area contributed by atoms with E-state index in [1.54, 1.807) is 13.3 Å². The van der Waals surface area contributed by atoms with E-state index in [9.17, 15) is 0 Å². The molecule has 0 amide bonds. The van der Waals surface area contributed by atoms with Crippen molar-refractivity contribution in [2.75, 3.05) is 20.3 Å². The van der Waals surface area contributed by atoms with Crippen molar-refractivity contribution in [1.82, 2.24) is 15.1 Å². The van der Waals surface area contributed by atoms with E-state index in [1.165, 1.54) is 25.0 Å². The Morgan fingerprint density at radius 2 is 2.19 bits per heavy atom. The lowest BCUT2D eigenvalue weighted by atomic mass is 9.91. The number of nitrogens with one attached hydrogen (secondary N) is 1. The normalized spacial score (nSPS) is 22.9. The smallest absolute Gasteiger partial charge is 0.0820 e. The van der Waals surface area contributed by atoms with Gasteiger partial charge in [0.1, 0.15) is 0 Å². The number of rotatable bonds is 6. The van der Waals surface area contributed by atoms with Gasteiger partial charge in [-0.15, -0.1) is 0 Å². The third-order valence-electron chi connectivity index (χ3n) is 4.25. The van der Waals surface area contributed by atoms with Crippen molar-refractivity contribution < 1.29 is 4.74 Å². The Morgan fingerprint density at radius 1 is 1.43 bits per heavy atom. The van der Waals surface area contributed by atoms with Gasteiger partial charge in [-0.25, -0.2) is 0 Å². The zero-order valence-electron chi connectivity index (χ0n) is 13.7. The lowest BCUT2D eigenvalue weighted by Crippen LogP contribution is -2.39. The molecule has 1 saturated carbocycles. The van der Waals surface area contributed by atoms with Gasteiger partial charge in [0.2, 0.25) is 0 Å². The molecule has 0 bridgehead atoms. The van der Waals surface area contributed by atoms with Crippen molar-refractivity contribution >= 4 is 11.6 Å². The summed E-state index contributed by atoms with van der Waals surface area (Å²) in [6.45, 7) is 9.13. The number of nitrogens with zero attached hydrogens (tertiary/aromatic N) is 2. The molecule has 120 valence electrons. The van der Waals surface area contributed by atoms with E-state index < -0.39 is 0 Å². The molecule has 1 aromatic heterocycles. The van der Waals surface area contributed by atoms with E-state index in [0.29, 0.717) is 18.4 Å². The molecule has 0 spiro atoms. The van der Waals surface area contributed by atoms with Gasteiger partial charge >= 0.3 is 0 Å². The van der Waals surface area contributed by atoms with Crippen molar-refractivity contribution in [1.29, 1.82) is 0 Å². The van der Waals surface area contributed by atoms with Crippen molar-refractivity contribution in [2.24, 2.45) is 5.92 Å². The van der Waals surface area contributed by atoms with E-state index in [1.807, 2.05) is 4.68 Å². The molecule has 1 N–H and O–H groups in total. The zero-order chi connectivity index (χ0) is 15.5. The quantitative estimate of drug-likeness (QED) is 0.874. The van der Waals surface area contributed by atoms with Crippen LogP contribution in [0.3, 0.4) is 0 Å². The minimum Gasteiger partial charge on any atom is -0.383 e. The summed E-state index contributed by atoms with van der Waals surface area (Å²) in [6, 6.07) is 0. The molecule has 1 aliphatic carbocycles. The average molecular weight is 314 g/mol. The first kappa shape index (κ1) is 16.8. The molecular weight excluding hydrogens is 286 g/mol. The Morgan fingerprint density at radius 3 is 2.86 bits per heavy atom. The second-order valence-electron chi connectivity index (χ2n) is 7.02. The molecule has 1 heterocycles. The summed E-state index contributed by atoms with van der Waals surface area (Å²) in [5.41, 5.74) is 1.36. The predicted octanol–water partition coefficient (Wildman–Crippen LogP) is 3.45. The van der Waals surface area contributed by atoms with Gasteiger partial charge < -0.3 is 10.1 Å². The Labute approximate surface area is 133 Å². The Balaban J connectivity index is 2.10. The van der Waals surface area contributed by atoms with E-state index in [0.717, 1.165) is 18.1 Å². The average Bonchev–Trinajstić information content (AvgIpc) is 2.99. The van der Waals surface area contributed by atoms with Crippen molar-refractivity contribution in [2.45, 2.75) is 58.0 Å². The molecule has 0 aromatic carbocycles. The fourth-order valence-corrected chi connectivity index (χ4v) is 3.46. The van der Waals surface area contributed by atoms with Gasteiger partial charge in [0.05, 0.1) is 30.1 Å². The fourth-order valence-electron chi connectivity index (χ4n) is 3.17. The molecule has 1 aliphatic rings. The van der Waals surface area contributed by atoms with Gasteiger partial charge in [-0.1, -0.05) is 18.0 Å². The summed E-state index contributed by atoms with van der Waals surface area (Å²) >= 11 is 6.41. The van der Waals surface area contributed by atoms with Crippen LogP contribution in [0.2, 0.25) is 5.02 Å². The monoisotopic (exact) mass is 313 g/mol. The Bertz CT molecular complexity index is 453. The van der Waals surface area contributed by atoms with E-state index in [2.05, 4.69) is 31.2 Å². The molecule has 1 aromatic rings. The molecule has 0 saturated heterocycles. The summed E-state index contributed by atoms with van der Waals surface area (Å²) in [5, 5.41) is 8.87. The number of aromatic nitrogens is 2. The van der Waals surface area contributed by atoms with Gasteiger partial charge in [0.15, 0.2) is 0 Å². The van der Waals surface area contributed by atoms with Gasteiger partial charge in [-0.2, -0.15) is 5.10 Å². The highest BCUT2D eigenvalue weighted by molar-refractivity contribution is 6.31. The summed E-state index contributed by atoms with van der Waals surface area (Å²) in [7, 11) is 1.72. The van der Waals surface area contributed by atoms with E-state index in [4.69, 9.17) is 16.3 Å². The van der Waals surface area contributed by atoms with Crippen molar-refractivity contribution in [3.8, 4) is 0 Å². The van der Waals surface area contributed by atoms with Crippen LogP contribution in [0.1, 0.15) is 51.6 Å². The highest BCUT2D eigenvalue weighted by atomic mass is 35.5. The molecule has 2 atom stereocenters. The maximum atomic E-state index is 6.41. The van der Waals surface area contributed by atoms with E-state index in [-0.39, 0.29) is 5.54 Å². The van der Waals surface area contributed by atoms with Crippen LogP contribution in [-0.2, 0) is 11.3 Å². The summed E-state index contributed by atoms with van der Waals surface area (Å²) in [4.78, 5) is 0. The Kier molecular flexibility index (Phi) is 5.69. The van der Waals surface area contributed by atoms with Crippen molar-refractivity contribution in [3.63, 3.8) is 0 Å². The molecule has 0 aliphatic heterocycles. The third kappa shape index (κ3) is 4.44. The van der Waals surface area contributed by atoms with Gasteiger partial charge in [-0.05, 0) is 46.1 Å². The highest BCUT2D eigenvalue weighted by Gasteiger charge is 2.33. The molecule has 2 rings (SSSR count). The van der Waals surface area contributed by atoms with Crippen LogP contribution in [0.25, 0.3) is 0 Å². The number of methoxy groups -OCH3 is 1. The molecule has 21 heavy (non-hydrogen) atoms. The van der Waals surface area contributed by atoms with Crippen LogP contribution >= 0.6 is 11.6 Å². The Hall–Kier alpha value is -0.580. The minimum atomic E-state index is 0.160. The summed E-state index contributed by atoms with van der Waals surface area (Å²) in [6.07, 6.45) is 5.51. The maximum absolute atomic E-state index is 6.41. The van der Waals surface area contributed by atoms with E-state index >= 15 is 0 Å². The maximum Gasteiger partial charge on any atom is 0.0820 e. The van der Waals surface area contributed by atoms with Crippen molar-refractivity contribution in [3.05, 3.63) is 16.9 Å². The lowest BCUT2D eigenvalue weighted by molar-refractivity contribution is 0.181. The SMILES string of the molecule is COCCn1ncc(Cl)c1C1CCCC1CNC(C)(C)C. The summed E-state index contributed by atoms with van der Waals surface area (Å²) < 4.78 is 7.21. The molecule has 0 radical (unpaired) electrons. The lowest BCUT2D eigenvalue weighted by Gasteiger charge is -2.27. The van der Waals surface area contributed by atoms with Gasteiger partial charge in [0.25, 0.3) is 0 Å². The minimum absolute atomic E-state index is 0.160. The number of halogens is 1. The molecule has 1 fully saturated rings. The second-order valence-corrected chi connectivity index (χ2v) is 7.43. The highest BCUT2D eigenvalue weighted by Crippen LogP contribution is 2.42. The van der Waals surface area contributed by atoms with Crippen LogP contribution in [0, 0.1) is 5.92 Å². The standard InChI is InChI=1S/C16H28ClN3O/c1-16(2,3)18-10-12-6-5-7-13(12)15-14(17)11-19-20(15)8-9-21-4/h11-13,18H,5-10H2,1-4H3. The van der Waals surface area contributed by atoms with Crippen LogP contribution in [-0.4, -0.2) is 35.6 Å². The first-order valence-electron chi connectivity index (χ1n) is 7.87. The first-order valence-corrected chi connectivity index (χ1v) is 8.25.